The number of likely N-dealkylation sites (tertiary alicyclic amines) is 1. The van der Waals surface area contributed by atoms with Crippen LogP contribution in [-0.2, 0) is 14.2 Å². The molecule has 3 aliphatic heterocycles. The van der Waals surface area contributed by atoms with Gasteiger partial charge in [-0.3, -0.25) is 4.79 Å². The van der Waals surface area contributed by atoms with E-state index >= 15 is 0 Å². The molecule has 3 aliphatic rings. The lowest BCUT2D eigenvalue weighted by atomic mass is 9.98. The molecule has 3 fully saturated rings. The molecule has 1 spiro atoms. The van der Waals surface area contributed by atoms with Gasteiger partial charge < -0.3 is 19.1 Å². The molecule has 0 unspecified atom stereocenters. The summed E-state index contributed by atoms with van der Waals surface area (Å²) in [5.74, 6) is 0.555. The number of nitrogens with zero attached hydrogens (tertiary/aromatic N) is 3. The molecule has 0 saturated carbocycles. The zero-order chi connectivity index (χ0) is 17.1. The number of carbonyl (C=O) groups is 1. The van der Waals surface area contributed by atoms with Crippen molar-refractivity contribution in [2.75, 3.05) is 39.5 Å². The average Bonchev–Trinajstić information content (AvgIpc) is 3.28. The Bertz CT molecular complexity index is 593. The first kappa shape index (κ1) is 16.9. The average molecular weight is 347 g/mol. The molecule has 7 nitrogen and oxygen atoms in total. The lowest BCUT2D eigenvalue weighted by molar-refractivity contribution is -0.0186. The number of hydrogen-bond donors (Lipinski definition) is 0. The standard InChI is InChI=1S/C18H25N3O4/c22-17(16-1-5-19-13-20-16)21-6-4-18(12-21)9-15(11-25-18)24-10-14-2-7-23-8-3-14/h1,5,13-15H,2-4,6-12H2/t15-,18+/m0/s1. The number of carbonyl (C=O) groups excluding carboxylic acids is 1. The molecular weight excluding hydrogens is 322 g/mol. The van der Waals surface area contributed by atoms with Crippen LogP contribution in [0.15, 0.2) is 18.6 Å². The predicted molar refractivity (Wildman–Crippen MR) is 89.1 cm³/mol. The van der Waals surface area contributed by atoms with Gasteiger partial charge in [0.25, 0.3) is 5.91 Å². The molecule has 4 heterocycles. The quantitative estimate of drug-likeness (QED) is 0.817. The van der Waals surface area contributed by atoms with Gasteiger partial charge in [0.1, 0.15) is 12.0 Å². The molecule has 2 atom stereocenters. The van der Waals surface area contributed by atoms with Crippen LogP contribution in [-0.4, -0.2) is 72.0 Å². The molecule has 1 amide bonds. The molecule has 1 aromatic heterocycles. The predicted octanol–water partition coefficient (Wildman–Crippen LogP) is 1.29. The number of amides is 1. The summed E-state index contributed by atoms with van der Waals surface area (Å²) < 4.78 is 17.6. The van der Waals surface area contributed by atoms with Crippen LogP contribution in [0.25, 0.3) is 0 Å². The van der Waals surface area contributed by atoms with E-state index in [0.29, 0.717) is 31.3 Å². The van der Waals surface area contributed by atoms with Gasteiger partial charge in [0.15, 0.2) is 0 Å². The lowest BCUT2D eigenvalue weighted by Crippen LogP contribution is -2.36. The van der Waals surface area contributed by atoms with Gasteiger partial charge in [-0.2, -0.15) is 0 Å². The summed E-state index contributed by atoms with van der Waals surface area (Å²) in [6, 6.07) is 1.66. The van der Waals surface area contributed by atoms with E-state index in [9.17, 15) is 4.79 Å². The minimum atomic E-state index is -0.247. The van der Waals surface area contributed by atoms with Crippen molar-refractivity contribution in [3.8, 4) is 0 Å². The van der Waals surface area contributed by atoms with Crippen molar-refractivity contribution in [1.82, 2.24) is 14.9 Å². The fraction of sp³-hybridized carbons (Fsp3) is 0.722. The normalized spacial score (nSPS) is 30.2. The van der Waals surface area contributed by atoms with Gasteiger partial charge in [-0.25, -0.2) is 9.97 Å². The van der Waals surface area contributed by atoms with Crippen molar-refractivity contribution in [1.29, 1.82) is 0 Å². The summed E-state index contributed by atoms with van der Waals surface area (Å²) in [5, 5.41) is 0. The van der Waals surface area contributed by atoms with Crippen LogP contribution in [0.4, 0.5) is 0 Å². The zero-order valence-corrected chi connectivity index (χ0v) is 14.4. The van der Waals surface area contributed by atoms with Gasteiger partial charge >= 0.3 is 0 Å². The van der Waals surface area contributed by atoms with Crippen molar-refractivity contribution in [2.24, 2.45) is 5.92 Å². The highest BCUT2D eigenvalue weighted by atomic mass is 16.6. The molecule has 0 bridgehead atoms. The van der Waals surface area contributed by atoms with Crippen LogP contribution in [0.1, 0.15) is 36.2 Å². The van der Waals surface area contributed by atoms with Gasteiger partial charge in [0.2, 0.25) is 0 Å². The maximum Gasteiger partial charge on any atom is 0.272 e. The minimum absolute atomic E-state index is 0.0468. The van der Waals surface area contributed by atoms with Gasteiger partial charge in [-0.05, 0) is 31.2 Å². The van der Waals surface area contributed by atoms with E-state index in [0.717, 1.165) is 45.5 Å². The zero-order valence-electron chi connectivity index (χ0n) is 14.4. The Kier molecular flexibility index (Phi) is 4.96. The summed E-state index contributed by atoms with van der Waals surface area (Å²) in [5.41, 5.74) is 0.195. The van der Waals surface area contributed by atoms with E-state index in [-0.39, 0.29) is 17.6 Å². The van der Waals surface area contributed by atoms with Crippen LogP contribution in [0.2, 0.25) is 0 Å². The largest absolute Gasteiger partial charge is 0.381 e. The van der Waals surface area contributed by atoms with Crippen molar-refractivity contribution in [3.05, 3.63) is 24.3 Å². The van der Waals surface area contributed by atoms with Crippen LogP contribution in [0, 0.1) is 5.92 Å². The summed E-state index contributed by atoms with van der Waals surface area (Å²) >= 11 is 0. The lowest BCUT2D eigenvalue weighted by Gasteiger charge is -2.24. The van der Waals surface area contributed by atoms with Gasteiger partial charge in [-0.1, -0.05) is 0 Å². The fourth-order valence-electron chi connectivity index (χ4n) is 3.98. The monoisotopic (exact) mass is 347 g/mol. The van der Waals surface area contributed by atoms with Crippen LogP contribution in [0.5, 0.6) is 0 Å². The van der Waals surface area contributed by atoms with Crippen LogP contribution in [0.3, 0.4) is 0 Å². The minimum Gasteiger partial charge on any atom is -0.381 e. The molecular formula is C18H25N3O4. The van der Waals surface area contributed by atoms with E-state index in [4.69, 9.17) is 14.2 Å². The summed E-state index contributed by atoms with van der Waals surface area (Å²) in [4.78, 5) is 22.3. The molecule has 0 aromatic carbocycles. The first-order valence-electron chi connectivity index (χ1n) is 9.13. The van der Waals surface area contributed by atoms with E-state index in [1.807, 2.05) is 4.90 Å². The van der Waals surface area contributed by atoms with E-state index < -0.39 is 0 Å². The number of rotatable bonds is 4. The van der Waals surface area contributed by atoms with E-state index in [1.165, 1.54) is 6.33 Å². The Morgan fingerprint density at radius 3 is 3.08 bits per heavy atom. The second-order valence-electron chi connectivity index (χ2n) is 7.28. The smallest absolute Gasteiger partial charge is 0.272 e. The van der Waals surface area contributed by atoms with Crippen LogP contribution < -0.4 is 0 Å². The fourth-order valence-corrected chi connectivity index (χ4v) is 3.98. The summed E-state index contributed by atoms with van der Waals surface area (Å²) in [6.45, 7) is 4.43. The number of ether oxygens (including phenoxy) is 3. The Hall–Kier alpha value is -1.57. The third kappa shape index (κ3) is 3.83. The summed E-state index contributed by atoms with van der Waals surface area (Å²) in [6.07, 6.45) is 7.03. The molecule has 25 heavy (non-hydrogen) atoms. The second kappa shape index (κ2) is 7.35. The van der Waals surface area contributed by atoms with Crippen molar-refractivity contribution >= 4 is 5.91 Å². The van der Waals surface area contributed by atoms with Crippen molar-refractivity contribution < 1.29 is 19.0 Å². The maximum absolute atomic E-state index is 12.5. The second-order valence-corrected chi connectivity index (χ2v) is 7.28. The Labute approximate surface area is 147 Å². The molecule has 7 heteroatoms. The topological polar surface area (TPSA) is 73.8 Å². The summed E-state index contributed by atoms with van der Waals surface area (Å²) in [7, 11) is 0. The highest BCUT2D eigenvalue weighted by Gasteiger charge is 2.47. The maximum atomic E-state index is 12.5. The van der Waals surface area contributed by atoms with Gasteiger partial charge in [0.05, 0.1) is 31.5 Å². The first-order valence-corrected chi connectivity index (χ1v) is 9.13. The van der Waals surface area contributed by atoms with E-state index in [1.54, 1.807) is 12.3 Å². The molecule has 3 saturated heterocycles. The molecule has 4 rings (SSSR count). The van der Waals surface area contributed by atoms with Gasteiger partial charge in [0, 0.05) is 32.4 Å². The van der Waals surface area contributed by atoms with Crippen LogP contribution >= 0.6 is 0 Å². The highest BCUT2D eigenvalue weighted by Crippen LogP contribution is 2.37. The SMILES string of the molecule is O=C(c1ccncn1)N1CC[C@@]2(C[C@H](OCC3CCOCC3)CO2)C1. The Morgan fingerprint density at radius 2 is 2.28 bits per heavy atom. The Morgan fingerprint density at radius 1 is 1.40 bits per heavy atom. The molecule has 1 aromatic rings. The molecule has 0 aliphatic carbocycles. The molecule has 0 radical (unpaired) electrons. The van der Waals surface area contributed by atoms with Crippen molar-refractivity contribution in [3.63, 3.8) is 0 Å². The molecule has 0 N–H and O–H groups in total. The highest BCUT2D eigenvalue weighted by molar-refractivity contribution is 5.92. The number of hydrogen-bond acceptors (Lipinski definition) is 6. The third-order valence-corrected chi connectivity index (χ3v) is 5.49. The Balaban J connectivity index is 1.28. The van der Waals surface area contributed by atoms with E-state index in [2.05, 4.69) is 9.97 Å². The number of aromatic nitrogens is 2. The van der Waals surface area contributed by atoms with Gasteiger partial charge in [-0.15, -0.1) is 0 Å². The molecule has 136 valence electrons. The first-order chi connectivity index (χ1) is 12.2. The van der Waals surface area contributed by atoms with Crippen molar-refractivity contribution in [2.45, 2.75) is 37.4 Å². The third-order valence-electron chi connectivity index (χ3n) is 5.49.